The summed E-state index contributed by atoms with van der Waals surface area (Å²) < 4.78 is 41.4. The molecule has 0 radical (unpaired) electrons. The van der Waals surface area contributed by atoms with E-state index in [1.165, 1.54) is 4.90 Å². The molecule has 1 aromatic carbocycles. The quantitative estimate of drug-likeness (QED) is 0.713. The van der Waals surface area contributed by atoms with Crippen LogP contribution >= 0.6 is 12.2 Å². The number of hydrogen-bond acceptors (Lipinski definition) is 4. The van der Waals surface area contributed by atoms with Gasteiger partial charge in [-0.25, -0.2) is 9.97 Å². The van der Waals surface area contributed by atoms with Crippen molar-refractivity contribution >= 4 is 29.2 Å². The summed E-state index contributed by atoms with van der Waals surface area (Å²) in [6, 6.07) is 7.70. The number of benzene rings is 1. The topological polar surface area (TPSA) is 49.7 Å². The van der Waals surface area contributed by atoms with Gasteiger partial charge in [-0.1, -0.05) is 29.8 Å². The average molecular weight is 367 g/mol. The lowest BCUT2D eigenvalue weighted by Crippen LogP contribution is -2.18. The fourth-order valence-electron chi connectivity index (χ4n) is 2.49. The molecule has 132 valence electrons. The van der Waals surface area contributed by atoms with E-state index >= 15 is 0 Å². The van der Waals surface area contributed by atoms with Crippen molar-refractivity contribution in [1.82, 2.24) is 19.5 Å². The summed E-state index contributed by atoms with van der Waals surface area (Å²) in [7, 11) is 3.24. The van der Waals surface area contributed by atoms with Gasteiger partial charge in [0.05, 0.1) is 6.54 Å². The summed E-state index contributed by atoms with van der Waals surface area (Å²) in [6.07, 6.45) is -4.64. The molecule has 2 heterocycles. The Hall–Kier alpha value is -2.42. The van der Waals surface area contributed by atoms with Crippen molar-refractivity contribution in [3.8, 4) is 0 Å². The molecular weight excluding hydrogens is 351 g/mol. The Kier molecular flexibility index (Phi) is 4.28. The maximum Gasteiger partial charge on any atom is 0.451 e. The smallest absolute Gasteiger partial charge is 0.361 e. The first kappa shape index (κ1) is 17.4. The molecule has 0 amide bonds. The van der Waals surface area contributed by atoms with Gasteiger partial charge in [-0.3, -0.25) is 4.57 Å². The Balaban J connectivity index is 2.21. The Morgan fingerprint density at radius 2 is 1.80 bits per heavy atom. The third kappa shape index (κ3) is 3.37. The van der Waals surface area contributed by atoms with Crippen molar-refractivity contribution in [2.24, 2.45) is 0 Å². The number of nitrogens with one attached hydrogen (secondary N) is 1. The first-order chi connectivity index (χ1) is 11.7. The van der Waals surface area contributed by atoms with Gasteiger partial charge < -0.3 is 9.88 Å². The van der Waals surface area contributed by atoms with Crippen LogP contribution in [0.1, 0.15) is 17.0 Å². The molecule has 1 N–H and O–H groups in total. The van der Waals surface area contributed by atoms with E-state index in [0.29, 0.717) is 16.8 Å². The monoisotopic (exact) mass is 367 g/mol. The van der Waals surface area contributed by atoms with Gasteiger partial charge in [0.2, 0.25) is 5.82 Å². The SMILES string of the molecule is Cc1ccc(Cn2c(=S)[nH]c3c(N(C)C)nc(C(F)(F)F)nc32)cc1. The molecule has 25 heavy (non-hydrogen) atoms. The van der Waals surface area contributed by atoms with E-state index in [1.54, 1.807) is 18.7 Å². The number of aryl methyl sites for hydroxylation is 1. The summed E-state index contributed by atoms with van der Waals surface area (Å²) in [5.74, 6) is -1.04. The molecule has 3 rings (SSSR count). The maximum atomic E-state index is 13.2. The van der Waals surface area contributed by atoms with E-state index in [0.717, 1.165) is 11.1 Å². The van der Waals surface area contributed by atoms with Crippen LogP contribution in [-0.4, -0.2) is 33.6 Å². The van der Waals surface area contributed by atoms with E-state index in [1.807, 2.05) is 31.2 Å². The van der Waals surface area contributed by atoms with Crippen molar-refractivity contribution < 1.29 is 13.2 Å². The molecule has 0 atom stereocenters. The number of aromatic amines is 1. The number of H-pyrrole nitrogens is 1. The van der Waals surface area contributed by atoms with Gasteiger partial charge in [-0.2, -0.15) is 13.2 Å². The molecule has 0 fully saturated rings. The Morgan fingerprint density at radius 1 is 1.16 bits per heavy atom. The molecule has 0 spiro atoms. The second-order valence-corrected chi connectivity index (χ2v) is 6.35. The molecule has 0 aliphatic heterocycles. The number of nitrogens with zero attached hydrogens (tertiary/aromatic N) is 4. The summed E-state index contributed by atoms with van der Waals surface area (Å²) >= 11 is 5.30. The summed E-state index contributed by atoms with van der Waals surface area (Å²) in [6.45, 7) is 2.29. The minimum absolute atomic E-state index is 0.136. The predicted octanol–water partition coefficient (Wildman–Crippen LogP) is 3.93. The van der Waals surface area contributed by atoms with Crippen LogP contribution in [0.2, 0.25) is 0 Å². The minimum Gasteiger partial charge on any atom is -0.361 e. The van der Waals surface area contributed by atoms with Crippen molar-refractivity contribution in [3.05, 3.63) is 46.0 Å². The third-order valence-corrected chi connectivity index (χ3v) is 4.06. The lowest BCUT2D eigenvalue weighted by atomic mass is 10.1. The van der Waals surface area contributed by atoms with E-state index < -0.39 is 12.0 Å². The van der Waals surface area contributed by atoms with Crippen LogP contribution in [0.3, 0.4) is 0 Å². The van der Waals surface area contributed by atoms with E-state index in [2.05, 4.69) is 15.0 Å². The molecule has 0 unspecified atom stereocenters. The molecule has 0 aliphatic carbocycles. The number of imidazole rings is 1. The van der Waals surface area contributed by atoms with Crippen LogP contribution in [0.25, 0.3) is 11.2 Å². The van der Waals surface area contributed by atoms with Gasteiger partial charge >= 0.3 is 6.18 Å². The van der Waals surface area contributed by atoms with Crippen LogP contribution in [0.5, 0.6) is 0 Å². The summed E-state index contributed by atoms with van der Waals surface area (Å²) in [5, 5.41) is 0. The first-order valence-electron chi connectivity index (χ1n) is 7.47. The number of anilines is 1. The first-order valence-corrected chi connectivity index (χ1v) is 7.88. The van der Waals surface area contributed by atoms with E-state index in [-0.39, 0.29) is 11.5 Å². The molecule has 5 nitrogen and oxygen atoms in total. The van der Waals surface area contributed by atoms with Gasteiger partial charge in [0.15, 0.2) is 16.2 Å². The number of fused-ring (bicyclic) bond motifs is 1. The van der Waals surface area contributed by atoms with Gasteiger partial charge in [0.1, 0.15) is 5.52 Å². The van der Waals surface area contributed by atoms with Gasteiger partial charge in [-0.15, -0.1) is 0 Å². The van der Waals surface area contributed by atoms with Crippen molar-refractivity contribution in [2.45, 2.75) is 19.6 Å². The molecule has 3 aromatic rings. The van der Waals surface area contributed by atoms with Crippen LogP contribution in [0.4, 0.5) is 19.0 Å². The van der Waals surface area contributed by atoms with Crippen molar-refractivity contribution in [3.63, 3.8) is 0 Å². The van der Waals surface area contributed by atoms with Crippen molar-refractivity contribution in [1.29, 1.82) is 0 Å². The van der Waals surface area contributed by atoms with Crippen LogP contribution in [0.15, 0.2) is 24.3 Å². The van der Waals surface area contributed by atoms with Crippen LogP contribution in [0, 0.1) is 11.7 Å². The fourth-order valence-corrected chi connectivity index (χ4v) is 2.74. The zero-order chi connectivity index (χ0) is 18.4. The number of rotatable bonds is 3. The average Bonchev–Trinajstić information content (AvgIpc) is 2.83. The number of halogens is 3. The standard InChI is InChI=1S/C16H16F3N5S/c1-9-4-6-10(7-5-9)8-24-13-11(20-15(24)25)12(23(2)3)21-14(22-13)16(17,18)19/h4-7H,8H2,1-3H3,(H,20,25). The van der Waals surface area contributed by atoms with Crippen LogP contribution in [-0.2, 0) is 12.7 Å². The highest BCUT2D eigenvalue weighted by Gasteiger charge is 2.36. The maximum absolute atomic E-state index is 13.2. The Morgan fingerprint density at radius 3 is 2.36 bits per heavy atom. The second-order valence-electron chi connectivity index (χ2n) is 5.96. The molecule has 0 saturated heterocycles. The molecule has 0 bridgehead atoms. The summed E-state index contributed by atoms with van der Waals surface area (Å²) in [4.78, 5) is 11.8. The number of alkyl halides is 3. The molecule has 9 heteroatoms. The third-order valence-electron chi connectivity index (χ3n) is 3.74. The second kappa shape index (κ2) is 6.14. The van der Waals surface area contributed by atoms with Gasteiger partial charge in [-0.05, 0) is 24.7 Å². The van der Waals surface area contributed by atoms with Crippen LogP contribution < -0.4 is 4.90 Å². The lowest BCUT2D eigenvalue weighted by Gasteiger charge is -2.15. The zero-order valence-electron chi connectivity index (χ0n) is 13.8. The number of aromatic nitrogens is 4. The normalized spacial score (nSPS) is 11.9. The molecule has 0 aliphatic rings. The Bertz CT molecular complexity index is 970. The highest BCUT2D eigenvalue weighted by atomic mass is 32.1. The van der Waals surface area contributed by atoms with Crippen molar-refractivity contribution in [2.75, 3.05) is 19.0 Å². The highest BCUT2D eigenvalue weighted by Crippen LogP contribution is 2.31. The largest absolute Gasteiger partial charge is 0.451 e. The zero-order valence-corrected chi connectivity index (χ0v) is 14.7. The number of hydrogen-bond donors (Lipinski definition) is 1. The van der Waals surface area contributed by atoms with Gasteiger partial charge in [0, 0.05) is 14.1 Å². The molecule has 0 saturated carbocycles. The lowest BCUT2D eigenvalue weighted by molar-refractivity contribution is -0.144. The van der Waals surface area contributed by atoms with E-state index in [9.17, 15) is 13.2 Å². The van der Waals surface area contributed by atoms with E-state index in [4.69, 9.17) is 12.2 Å². The molecule has 2 aromatic heterocycles. The summed E-state index contributed by atoms with van der Waals surface area (Å²) in [5.41, 5.74) is 2.54. The Labute approximate surface area is 147 Å². The predicted molar refractivity (Wildman–Crippen MR) is 92.3 cm³/mol. The highest BCUT2D eigenvalue weighted by molar-refractivity contribution is 7.71. The molecular formula is C16H16F3N5S. The van der Waals surface area contributed by atoms with Gasteiger partial charge in [0.25, 0.3) is 0 Å². The fraction of sp³-hybridized carbons (Fsp3) is 0.312. The minimum atomic E-state index is -4.64.